The monoisotopic (exact) mass is 666 g/mol. The Morgan fingerprint density at radius 3 is 2.53 bits per heavy atom. The Bertz CT molecular complexity index is 2200. The molecule has 1 aliphatic heterocycles. The Kier molecular flexibility index (Phi) is 8.06. The van der Waals surface area contributed by atoms with Crippen LogP contribution in [0.4, 0.5) is 18.9 Å². The number of fused-ring (bicyclic) bond motifs is 2. The Labute approximate surface area is 278 Å². The zero-order valence-corrected chi connectivity index (χ0v) is 26.4. The van der Waals surface area contributed by atoms with E-state index in [1.165, 1.54) is 32.7 Å². The van der Waals surface area contributed by atoms with E-state index in [1.54, 1.807) is 76.8 Å². The SMILES string of the molecule is COc1cc(CNC(=O)c2ccncc2)c2nccc(N3CCc4c(cc(Cn5ccnc5)cc4-c4cn(C)nc4C(F)(F)F)C3=O)c2c1. The number of methoxy groups -OCH3 is 1. The number of carbonyl (C=O) groups is 2. The smallest absolute Gasteiger partial charge is 0.435 e. The van der Waals surface area contributed by atoms with Crippen molar-refractivity contribution in [2.75, 3.05) is 18.6 Å². The van der Waals surface area contributed by atoms with Gasteiger partial charge in [-0.25, -0.2) is 4.98 Å². The van der Waals surface area contributed by atoms with Crippen LogP contribution in [0.25, 0.3) is 22.0 Å². The maximum Gasteiger partial charge on any atom is 0.435 e. The number of hydrogen-bond acceptors (Lipinski definition) is 7. The summed E-state index contributed by atoms with van der Waals surface area (Å²) in [7, 11) is 2.96. The fourth-order valence-corrected chi connectivity index (χ4v) is 6.26. The lowest BCUT2D eigenvalue weighted by atomic mass is 9.87. The first-order valence-electron chi connectivity index (χ1n) is 15.3. The van der Waals surface area contributed by atoms with E-state index in [0.717, 1.165) is 4.68 Å². The summed E-state index contributed by atoms with van der Waals surface area (Å²) in [6.07, 6.45) is 6.55. The number of nitrogens with one attached hydrogen (secondary N) is 1. The number of ether oxygens (including phenoxy) is 1. The van der Waals surface area contributed by atoms with Crippen molar-refractivity contribution in [2.45, 2.75) is 25.7 Å². The van der Waals surface area contributed by atoms with Crippen molar-refractivity contribution < 1.29 is 27.5 Å². The van der Waals surface area contributed by atoms with E-state index in [1.807, 2.05) is 0 Å². The minimum Gasteiger partial charge on any atom is -0.497 e. The molecule has 14 heteroatoms. The molecular weight excluding hydrogens is 637 g/mol. The average Bonchev–Trinajstić information content (AvgIpc) is 3.77. The molecule has 0 saturated heterocycles. The third-order valence-electron chi connectivity index (χ3n) is 8.47. The summed E-state index contributed by atoms with van der Waals surface area (Å²) in [6, 6.07) is 11.9. The van der Waals surface area contributed by atoms with E-state index >= 15 is 0 Å². The normalized spacial score (nSPS) is 13.1. The molecule has 2 aromatic carbocycles. The second kappa shape index (κ2) is 12.5. The second-order valence-electron chi connectivity index (χ2n) is 11.6. The van der Waals surface area contributed by atoms with Gasteiger partial charge in [0.15, 0.2) is 5.69 Å². The third-order valence-corrected chi connectivity index (χ3v) is 8.47. The van der Waals surface area contributed by atoms with Crippen LogP contribution in [0.5, 0.6) is 5.75 Å². The average molecular weight is 667 g/mol. The van der Waals surface area contributed by atoms with Crippen LogP contribution >= 0.6 is 0 Å². The molecule has 0 unspecified atom stereocenters. The molecule has 7 rings (SSSR count). The predicted octanol–water partition coefficient (Wildman–Crippen LogP) is 5.44. The van der Waals surface area contributed by atoms with E-state index < -0.39 is 11.9 Å². The van der Waals surface area contributed by atoms with E-state index in [2.05, 4.69) is 25.4 Å². The minimum absolute atomic E-state index is 0.0856. The van der Waals surface area contributed by atoms with Gasteiger partial charge in [0, 0.05) is 91.5 Å². The molecule has 248 valence electrons. The van der Waals surface area contributed by atoms with Crippen LogP contribution in [0.3, 0.4) is 0 Å². The van der Waals surface area contributed by atoms with Crippen LogP contribution in [0, 0.1) is 0 Å². The maximum atomic E-state index is 14.4. The number of amides is 2. The number of benzene rings is 2. The topological polar surface area (TPSA) is 120 Å². The van der Waals surface area contributed by atoms with Crippen molar-refractivity contribution >= 4 is 28.4 Å². The Balaban J connectivity index is 1.30. The van der Waals surface area contributed by atoms with Gasteiger partial charge >= 0.3 is 6.18 Å². The number of pyridine rings is 2. The van der Waals surface area contributed by atoms with Crippen molar-refractivity contribution in [3.63, 3.8) is 0 Å². The largest absolute Gasteiger partial charge is 0.497 e. The van der Waals surface area contributed by atoms with Crippen molar-refractivity contribution in [3.8, 4) is 16.9 Å². The van der Waals surface area contributed by atoms with Crippen molar-refractivity contribution in [3.05, 3.63) is 119 Å². The molecular formula is C35H29F3N8O3. The van der Waals surface area contributed by atoms with Gasteiger partial charge in [0.05, 0.1) is 24.6 Å². The molecule has 1 aliphatic rings. The van der Waals surface area contributed by atoms with Crippen LogP contribution in [0.1, 0.15) is 43.1 Å². The predicted molar refractivity (Wildman–Crippen MR) is 174 cm³/mol. The molecule has 0 saturated carbocycles. The zero-order chi connectivity index (χ0) is 34.3. The van der Waals surface area contributed by atoms with Gasteiger partial charge in [0.2, 0.25) is 0 Å². The lowest BCUT2D eigenvalue weighted by Gasteiger charge is -2.31. The lowest BCUT2D eigenvalue weighted by Crippen LogP contribution is -2.38. The maximum absolute atomic E-state index is 14.4. The lowest BCUT2D eigenvalue weighted by molar-refractivity contribution is -0.141. The Morgan fingerprint density at radius 1 is 1.00 bits per heavy atom. The number of halogens is 3. The fourth-order valence-electron chi connectivity index (χ4n) is 6.26. The summed E-state index contributed by atoms with van der Waals surface area (Å²) in [5.41, 5.74) is 2.91. The third kappa shape index (κ3) is 6.08. The zero-order valence-electron chi connectivity index (χ0n) is 26.4. The van der Waals surface area contributed by atoms with E-state index in [9.17, 15) is 22.8 Å². The van der Waals surface area contributed by atoms with Gasteiger partial charge in [-0.3, -0.25) is 24.2 Å². The van der Waals surface area contributed by atoms with Crippen LogP contribution in [0.15, 0.2) is 86.0 Å². The first-order valence-corrected chi connectivity index (χ1v) is 15.3. The molecule has 0 spiro atoms. The van der Waals surface area contributed by atoms with Gasteiger partial charge in [-0.05, 0) is 65.6 Å². The quantitative estimate of drug-likeness (QED) is 0.230. The number of hydrogen-bond donors (Lipinski definition) is 1. The molecule has 0 atom stereocenters. The fraction of sp³-hybridized carbons (Fsp3) is 0.200. The summed E-state index contributed by atoms with van der Waals surface area (Å²) in [5, 5.41) is 7.25. The van der Waals surface area contributed by atoms with Crippen LogP contribution in [-0.4, -0.2) is 54.8 Å². The first-order chi connectivity index (χ1) is 23.6. The highest BCUT2D eigenvalue weighted by atomic mass is 19.4. The number of anilines is 1. The number of nitrogens with zero attached hydrogens (tertiary/aromatic N) is 7. The Hall–Kier alpha value is -6.05. The standard InChI is InChI=1S/C35H29F3N8O3/c1-44-19-29(32(43-44)35(36,37)38)26-13-21(18-45-12-10-40-20-45)14-27-25(26)6-11-46(34(27)48)30-5-9-41-31-23(15-24(49-2)16-28(30)31)17-42-33(47)22-3-7-39-8-4-22/h3-5,7-10,12-16,19-20H,6,11,17-18H2,1-2H3,(H,42,47). The number of imidazole rings is 1. The number of aromatic nitrogens is 6. The Morgan fingerprint density at radius 2 is 1.80 bits per heavy atom. The number of rotatable bonds is 8. The van der Waals surface area contributed by atoms with Crippen LogP contribution in [-0.2, 0) is 32.7 Å². The first kappa shape index (κ1) is 31.5. The molecule has 0 fully saturated rings. The molecule has 4 aromatic heterocycles. The molecule has 49 heavy (non-hydrogen) atoms. The van der Waals surface area contributed by atoms with Crippen LogP contribution < -0.4 is 15.0 Å². The molecule has 0 aliphatic carbocycles. The summed E-state index contributed by atoms with van der Waals surface area (Å²) in [4.78, 5) is 41.5. The van der Waals surface area contributed by atoms with Crippen LogP contribution in [0.2, 0.25) is 0 Å². The van der Waals surface area contributed by atoms with Gasteiger partial charge in [-0.2, -0.15) is 18.3 Å². The highest BCUT2D eigenvalue weighted by Gasteiger charge is 2.39. The highest BCUT2D eigenvalue weighted by Crippen LogP contribution is 2.41. The van der Waals surface area contributed by atoms with E-state index in [-0.39, 0.29) is 36.9 Å². The summed E-state index contributed by atoms with van der Waals surface area (Å²) in [6.45, 7) is 0.626. The van der Waals surface area contributed by atoms with Crippen molar-refractivity contribution in [1.29, 1.82) is 0 Å². The molecule has 0 radical (unpaired) electrons. The van der Waals surface area contributed by atoms with Gasteiger partial charge in [0.25, 0.3) is 11.8 Å². The van der Waals surface area contributed by atoms with Crippen molar-refractivity contribution in [1.82, 2.24) is 34.6 Å². The van der Waals surface area contributed by atoms with Crippen molar-refractivity contribution in [2.24, 2.45) is 7.05 Å². The molecule has 1 N–H and O–H groups in total. The number of alkyl halides is 3. The van der Waals surface area contributed by atoms with Gasteiger partial charge in [-0.1, -0.05) is 0 Å². The van der Waals surface area contributed by atoms with E-state index in [4.69, 9.17) is 4.74 Å². The summed E-state index contributed by atoms with van der Waals surface area (Å²) < 4.78 is 51.0. The van der Waals surface area contributed by atoms with Gasteiger partial charge < -0.3 is 19.5 Å². The molecule has 6 aromatic rings. The summed E-state index contributed by atoms with van der Waals surface area (Å²) in [5.74, 6) is -0.154. The van der Waals surface area contributed by atoms with E-state index in [0.29, 0.717) is 62.3 Å². The van der Waals surface area contributed by atoms with Gasteiger partial charge in [-0.15, -0.1) is 0 Å². The highest BCUT2D eigenvalue weighted by molar-refractivity contribution is 6.13. The molecule has 0 bridgehead atoms. The molecule has 11 nitrogen and oxygen atoms in total. The number of carbonyl (C=O) groups excluding carboxylic acids is 2. The van der Waals surface area contributed by atoms with Gasteiger partial charge in [0.1, 0.15) is 5.75 Å². The summed E-state index contributed by atoms with van der Waals surface area (Å²) >= 11 is 0. The molecule has 2 amide bonds. The second-order valence-corrected chi connectivity index (χ2v) is 11.6. The minimum atomic E-state index is -4.70. The molecule has 5 heterocycles. The number of aryl methyl sites for hydroxylation is 1.